The second-order valence-corrected chi connectivity index (χ2v) is 9.14. The summed E-state index contributed by atoms with van der Waals surface area (Å²) in [7, 11) is 1.61. The smallest absolute Gasteiger partial charge is 0.251 e. The minimum Gasteiger partial charge on any atom is -0.497 e. The molecule has 0 aliphatic carbocycles. The first-order valence-electron chi connectivity index (χ1n) is 12.6. The number of hydrogen-bond donors (Lipinski definition) is 1. The van der Waals surface area contributed by atoms with Crippen molar-refractivity contribution in [2.75, 3.05) is 20.3 Å². The standard InChI is InChI=1S/C30H35N3O3/c1-22-19-23(2)21-26(20-22)36-18-7-6-17-33-28-10-5-4-9-27(28)32-29(33)11-8-16-31-30(34)24-12-14-25(35-3)15-13-24/h4-5,9-10,12-15,19-21H,6-8,11,16-18H2,1-3H3,(H,31,34). The van der Waals surface area contributed by atoms with Crippen LogP contribution in [0.2, 0.25) is 0 Å². The van der Waals surface area contributed by atoms with E-state index in [1.54, 1.807) is 31.4 Å². The van der Waals surface area contributed by atoms with Crippen LogP contribution >= 0.6 is 0 Å². The fourth-order valence-corrected chi connectivity index (χ4v) is 4.44. The highest BCUT2D eigenvalue weighted by atomic mass is 16.5. The van der Waals surface area contributed by atoms with Gasteiger partial charge in [0.15, 0.2) is 0 Å². The van der Waals surface area contributed by atoms with Gasteiger partial charge in [-0.2, -0.15) is 0 Å². The predicted molar refractivity (Wildman–Crippen MR) is 144 cm³/mol. The molecule has 1 aromatic heterocycles. The van der Waals surface area contributed by atoms with E-state index in [4.69, 9.17) is 14.5 Å². The SMILES string of the molecule is COc1ccc(C(=O)NCCCc2nc3ccccc3n2CCCCOc2cc(C)cc(C)c2)cc1. The highest BCUT2D eigenvalue weighted by Crippen LogP contribution is 2.19. The van der Waals surface area contributed by atoms with Gasteiger partial charge in [0.05, 0.1) is 24.8 Å². The molecule has 188 valence electrons. The number of aromatic nitrogens is 2. The zero-order chi connectivity index (χ0) is 25.3. The summed E-state index contributed by atoms with van der Waals surface area (Å²) in [5, 5.41) is 3.01. The molecule has 0 saturated carbocycles. The fourth-order valence-electron chi connectivity index (χ4n) is 4.44. The summed E-state index contributed by atoms with van der Waals surface area (Å²) >= 11 is 0. The van der Waals surface area contributed by atoms with Crippen LogP contribution < -0.4 is 14.8 Å². The summed E-state index contributed by atoms with van der Waals surface area (Å²) in [5.41, 5.74) is 5.25. The molecule has 1 amide bonds. The number of nitrogens with one attached hydrogen (secondary N) is 1. The quantitative estimate of drug-likeness (QED) is 0.254. The van der Waals surface area contributed by atoms with Gasteiger partial charge in [-0.1, -0.05) is 18.2 Å². The highest BCUT2D eigenvalue weighted by Gasteiger charge is 2.11. The summed E-state index contributed by atoms with van der Waals surface area (Å²) in [6.45, 7) is 6.37. The maximum Gasteiger partial charge on any atom is 0.251 e. The molecule has 3 aromatic carbocycles. The number of hydrogen-bond acceptors (Lipinski definition) is 4. The Morgan fingerprint density at radius 1 is 0.917 bits per heavy atom. The number of carbonyl (C=O) groups is 1. The van der Waals surface area contributed by atoms with E-state index in [9.17, 15) is 4.79 Å². The van der Waals surface area contributed by atoms with Crippen molar-refractivity contribution < 1.29 is 14.3 Å². The van der Waals surface area contributed by atoms with Gasteiger partial charge < -0.3 is 19.4 Å². The molecule has 4 aromatic rings. The molecule has 0 fully saturated rings. The molecule has 0 aliphatic heterocycles. The molecule has 0 saturated heterocycles. The molecule has 6 heteroatoms. The van der Waals surface area contributed by atoms with Gasteiger partial charge in [0.1, 0.15) is 17.3 Å². The van der Waals surface area contributed by atoms with Crippen molar-refractivity contribution in [2.24, 2.45) is 0 Å². The number of imidazole rings is 1. The van der Waals surface area contributed by atoms with Gasteiger partial charge in [-0.25, -0.2) is 4.98 Å². The lowest BCUT2D eigenvalue weighted by atomic mass is 10.1. The Morgan fingerprint density at radius 2 is 1.67 bits per heavy atom. The Hall–Kier alpha value is -3.80. The third kappa shape index (κ3) is 6.66. The molecule has 4 rings (SSSR count). The van der Waals surface area contributed by atoms with E-state index in [0.29, 0.717) is 18.7 Å². The van der Waals surface area contributed by atoms with E-state index in [0.717, 1.165) is 60.6 Å². The zero-order valence-corrected chi connectivity index (χ0v) is 21.4. The average Bonchev–Trinajstić information content (AvgIpc) is 3.23. The molecule has 0 spiro atoms. The van der Waals surface area contributed by atoms with Gasteiger partial charge in [-0.15, -0.1) is 0 Å². The first kappa shape index (κ1) is 25.3. The van der Waals surface area contributed by atoms with Gasteiger partial charge in [0.25, 0.3) is 5.91 Å². The minimum atomic E-state index is -0.0741. The highest BCUT2D eigenvalue weighted by molar-refractivity contribution is 5.94. The summed E-state index contributed by atoms with van der Waals surface area (Å²) in [5.74, 6) is 2.67. The van der Waals surface area contributed by atoms with Crippen LogP contribution in [0.5, 0.6) is 11.5 Å². The molecule has 6 nitrogen and oxygen atoms in total. The van der Waals surface area contributed by atoms with Crippen LogP contribution in [0.1, 0.15) is 46.6 Å². The maximum atomic E-state index is 12.4. The Kier molecular flexibility index (Phi) is 8.61. The molecule has 0 unspecified atom stereocenters. The van der Waals surface area contributed by atoms with Crippen LogP contribution in [-0.2, 0) is 13.0 Å². The van der Waals surface area contributed by atoms with Crippen LogP contribution in [0.4, 0.5) is 0 Å². The van der Waals surface area contributed by atoms with Crippen LogP contribution in [-0.4, -0.2) is 35.7 Å². The second kappa shape index (κ2) is 12.2. The lowest BCUT2D eigenvalue weighted by Gasteiger charge is -2.11. The van der Waals surface area contributed by atoms with Crippen LogP contribution in [0.25, 0.3) is 11.0 Å². The minimum absolute atomic E-state index is 0.0741. The third-order valence-corrected chi connectivity index (χ3v) is 6.19. The van der Waals surface area contributed by atoms with Crippen molar-refractivity contribution in [2.45, 2.75) is 46.1 Å². The van der Waals surface area contributed by atoms with E-state index in [1.807, 2.05) is 6.07 Å². The van der Waals surface area contributed by atoms with Gasteiger partial charge >= 0.3 is 0 Å². The van der Waals surface area contributed by atoms with Gasteiger partial charge in [0.2, 0.25) is 0 Å². The summed E-state index contributed by atoms with van der Waals surface area (Å²) in [6, 6.07) is 21.7. The van der Waals surface area contributed by atoms with Crippen molar-refractivity contribution >= 4 is 16.9 Å². The fraction of sp³-hybridized carbons (Fsp3) is 0.333. The van der Waals surface area contributed by atoms with Crippen molar-refractivity contribution in [1.82, 2.24) is 14.9 Å². The van der Waals surface area contributed by atoms with Crippen LogP contribution in [0.3, 0.4) is 0 Å². The number of fused-ring (bicyclic) bond motifs is 1. The van der Waals surface area contributed by atoms with E-state index in [1.165, 1.54) is 11.1 Å². The van der Waals surface area contributed by atoms with Gasteiger partial charge in [-0.3, -0.25) is 4.79 Å². The molecular formula is C30H35N3O3. The molecule has 0 aliphatic rings. The summed E-state index contributed by atoms with van der Waals surface area (Å²) < 4.78 is 13.5. The number of rotatable bonds is 12. The molecule has 0 radical (unpaired) electrons. The number of ether oxygens (including phenoxy) is 2. The first-order chi connectivity index (χ1) is 17.5. The lowest BCUT2D eigenvalue weighted by Crippen LogP contribution is -2.25. The molecule has 0 bridgehead atoms. The van der Waals surface area contributed by atoms with E-state index in [-0.39, 0.29) is 5.91 Å². The van der Waals surface area contributed by atoms with Crippen LogP contribution in [0, 0.1) is 13.8 Å². The molecule has 1 N–H and O–H groups in total. The van der Waals surface area contributed by atoms with Crippen molar-refractivity contribution in [3.63, 3.8) is 0 Å². The van der Waals surface area contributed by atoms with E-state index in [2.05, 4.69) is 60.1 Å². The predicted octanol–water partition coefficient (Wildman–Crippen LogP) is 5.88. The molecule has 36 heavy (non-hydrogen) atoms. The number of aryl methyl sites for hydroxylation is 4. The van der Waals surface area contributed by atoms with Crippen molar-refractivity contribution in [1.29, 1.82) is 0 Å². The van der Waals surface area contributed by atoms with E-state index < -0.39 is 0 Å². The average molecular weight is 486 g/mol. The lowest BCUT2D eigenvalue weighted by molar-refractivity contribution is 0.0953. The largest absolute Gasteiger partial charge is 0.497 e. The zero-order valence-electron chi connectivity index (χ0n) is 21.4. The monoisotopic (exact) mass is 485 g/mol. The van der Waals surface area contributed by atoms with Crippen LogP contribution in [0.15, 0.2) is 66.7 Å². The molecule has 0 atom stereocenters. The summed E-state index contributed by atoms with van der Waals surface area (Å²) in [6.07, 6.45) is 3.60. The Bertz CT molecular complexity index is 1270. The number of methoxy groups -OCH3 is 1. The normalized spacial score (nSPS) is 11.0. The number of nitrogens with zero attached hydrogens (tertiary/aromatic N) is 2. The second-order valence-electron chi connectivity index (χ2n) is 9.14. The van der Waals surface area contributed by atoms with Crippen molar-refractivity contribution in [3.05, 3.63) is 89.2 Å². The number of benzene rings is 3. The molecule has 1 heterocycles. The Balaban J connectivity index is 1.28. The summed E-state index contributed by atoms with van der Waals surface area (Å²) in [4.78, 5) is 17.3. The number of carbonyl (C=O) groups excluding carboxylic acids is 1. The van der Waals surface area contributed by atoms with Gasteiger partial charge in [0, 0.05) is 25.1 Å². The van der Waals surface area contributed by atoms with Crippen molar-refractivity contribution in [3.8, 4) is 11.5 Å². The first-order valence-corrected chi connectivity index (χ1v) is 12.6. The molecular weight excluding hydrogens is 450 g/mol. The number of amides is 1. The topological polar surface area (TPSA) is 65.4 Å². The number of unbranched alkanes of at least 4 members (excludes halogenated alkanes) is 1. The number of para-hydroxylation sites is 2. The van der Waals surface area contributed by atoms with Gasteiger partial charge in [-0.05, 0) is 92.8 Å². The third-order valence-electron chi connectivity index (χ3n) is 6.19. The van der Waals surface area contributed by atoms with E-state index >= 15 is 0 Å². The Labute approximate surface area is 213 Å². The Morgan fingerprint density at radius 3 is 2.42 bits per heavy atom. The maximum absolute atomic E-state index is 12.4.